The third-order valence-corrected chi connectivity index (χ3v) is 6.30. The lowest BCUT2D eigenvalue weighted by atomic mass is 9.93. The lowest BCUT2D eigenvalue weighted by Crippen LogP contribution is -2.38. The van der Waals surface area contributed by atoms with Gasteiger partial charge in [-0.05, 0) is 53.9 Å². The molecule has 0 spiro atoms. The SMILES string of the molecule is COc1cc2nccc(CN3CCc4c(C(=O)Nc5ccccc5)cccc4C3=O)c2cc1OC. The summed E-state index contributed by atoms with van der Waals surface area (Å²) in [7, 11) is 3.18. The van der Waals surface area contributed by atoms with Gasteiger partial charge in [-0.25, -0.2) is 0 Å². The van der Waals surface area contributed by atoms with Gasteiger partial charge in [0.2, 0.25) is 0 Å². The molecule has 0 atom stereocenters. The van der Waals surface area contributed by atoms with Crippen molar-refractivity contribution in [2.45, 2.75) is 13.0 Å². The summed E-state index contributed by atoms with van der Waals surface area (Å²) >= 11 is 0. The Bertz CT molecular complexity index is 1420. The number of anilines is 1. The highest BCUT2D eigenvalue weighted by molar-refractivity contribution is 6.08. The number of fused-ring (bicyclic) bond motifs is 2. The van der Waals surface area contributed by atoms with Crippen molar-refractivity contribution in [1.82, 2.24) is 9.88 Å². The van der Waals surface area contributed by atoms with Crippen LogP contribution in [-0.4, -0.2) is 42.5 Å². The summed E-state index contributed by atoms with van der Waals surface area (Å²) in [4.78, 5) is 32.7. The van der Waals surface area contributed by atoms with Crippen molar-refractivity contribution in [1.29, 1.82) is 0 Å². The normalized spacial score (nSPS) is 12.9. The van der Waals surface area contributed by atoms with Crippen LogP contribution >= 0.6 is 0 Å². The summed E-state index contributed by atoms with van der Waals surface area (Å²) in [6.07, 6.45) is 2.33. The fourth-order valence-corrected chi connectivity index (χ4v) is 4.53. The topological polar surface area (TPSA) is 80.8 Å². The number of methoxy groups -OCH3 is 2. The van der Waals surface area contributed by atoms with Crippen LogP contribution in [0.1, 0.15) is 31.8 Å². The number of pyridine rings is 1. The molecule has 5 rings (SSSR count). The molecule has 7 heteroatoms. The minimum Gasteiger partial charge on any atom is -0.493 e. The van der Waals surface area contributed by atoms with Crippen LogP contribution in [0.25, 0.3) is 10.9 Å². The van der Waals surface area contributed by atoms with Crippen molar-refractivity contribution in [3.63, 3.8) is 0 Å². The first kappa shape index (κ1) is 22.4. The molecule has 1 aliphatic rings. The van der Waals surface area contributed by atoms with Gasteiger partial charge < -0.3 is 19.7 Å². The number of hydrogen-bond acceptors (Lipinski definition) is 5. The van der Waals surface area contributed by atoms with Gasteiger partial charge in [-0.15, -0.1) is 0 Å². The number of carbonyl (C=O) groups is 2. The largest absolute Gasteiger partial charge is 0.493 e. The van der Waals surface area contributed by atoms with Crippen LogP contribution in [0.15, 0.2) is 72.9 Å². The molecule has 1 N–H and O–H groups in total. The average Bonchev–Trinajstić information content (AvgIpc) is 2.90. The molecule has 1 aromatic heterocycles. The molecular formula is C28H25N3O4. The van der Waals surface area contributed by atoms with Gasteiger partial charge in [0.15, 0.2) is 11.5 Å². The lowest BCUT2D eigenvalue weighted by molar-refractivity contribution is 0.0727. The zero-order valence-corrected chi connectivity index (χ0v) is 19.6. The zero-order chi connectivity index (χ0) is 24.4. The number of carbonyl (C=O) groups excluding carboxylic acids is 2. The third-order valence-electron chi connectivity index (χ3n) is 6.30. The van der Waals surface area contributed by atoms with E-state index in [9.17, 15) is 9.59 Å². The van der Waals surface area contributed by atoms with Gasteiger partial charge in [-0.1, -0.05) is 24.3 Å². The quantitative estimate of drug-likeness (QED) is 0.445. The highest BCUT2D eigenvalue weighted by Crippen LogP contribution is 2.33. The van der Waals surface area contributed by atoms with Crippen LogP contribution in [0.2, 0.25) is 0 Å². The smallest absolute Gasteiger partial charge is 0.255 e. The molecule has 0 fully saturated rings. The van der Waals surface area contributed by atoms with Gasteiger partial charge >= 0.3 is 0 Å². The zero-order valence-electron chi connectivity index (χ0n) is 19.6. The Balaban J connectivity index is 1.42. The molecule has 176 valence electrons. The molecule has 0 saturated carbocycles. The fourth-order valence-electron chi connectivity index (χ4n) is 4.53. The molecule has 2 heterocycles. The maximum atomic E-state index is 13.4. The van der Waals surface area contributed by atoms with Crippen molar-refractivity contribution in [2.24, 2.45) is 0 Å². The molecule has 2 amide bonds. The number of benzene rings is 3. The van der Waals surface area contributed by atoms with E-state index in [2.05, 4.69) is 10.3 Å². The summed E-state index contributed by atoms with van der Waals surface area (Å²) < 4.78 is 10.9. The Morgan fingerprint density at radius 2 is 1.77 bits per heavy atom. The number of rotatable bonds is 6. The number of amides is 2. The van der Waals surface area contributed by atoms with Gasteiger partial charge in [-0.3, -0.25) is 14.6 Å². The van der Waals surface area contributed by atoms with Crippen LogP contribution in [0.4, 0.5) is 5.69 Å². The molecular weight excluding hydrogens is 442 g/mol. The van der Waals surface area contributed by atoms with Crippen molar-refractivity contribution in [2.75, 3.05) is 26.1 Å². The Labute approximate surface area is 203 Å². The minimum atomic E-state index is -0.213. The van der Waals surface area contributed by atoms with Crippen molar-refractivity contribution in [3.05, 3.63) is 95.2 Å². The molecule has 0 saturated heterocycles. The van der Waals surface area contributed by atoms with Gasteiger partial charge in [0, 0.05) is 47.6 Å². The first-order valence-electron chi connectivity index (χ1n) is 11.4. The molecule has 1 aliphatic heterocycles. The van der Waals surface area contributed by atoms with E-state index >= 15 is 0 Å². The molecule has 3 aromatic carbocycles. The second-order valence-electron chi connectivity index (χ2n) is 8.32. The Morgan fingerprint density at radius 3 is 2.54 bits per heavy atom. The van der Waals surface area contributed by atoms with Crippen LogP contribution in [-0.2, 0) is 13.0 Å². The van der Waals surface area contributed by atoms with Crippen molar-refractivity contribution >= 4 is 28.4 Å². The number of ether oxygens (including phenoxy) is 2. The molecule has 0 unspecified atom stereocenters. The molecule has 4 aromatic rings. The first-order valence-corrected chi connectivity index (χ1v) is 11.4. The molecule has 0 aliphatic carbocycles. The van der Waals surface area contributed by atoms with Gasteiger partial charge in [-0.2, -0.15) is 0 Å². The second kappa shape index (κ2) is 9.46. The van der Waals surface area contributed by atoms with Crippen LogP contribution < -0.4 is 14.8 Å². The number of nitrogens with one attached hydrogen (secondary N) is 1. The summed E-state index contributed by atoms with van der Waals surface area (Å²) in [6.45, 7) is 0.936. The van der Waals surface area contributed by atoms with E-state index in [1.54, 1.807) is 38.6 Å². The van der Waals surface area contributed by atoms with E-state index in [-0.39, 0.29) is 11.8 Å². The van der Waals surface area contributed by atoms with E-state index in [0.717, 1.165) is 27.7 Å². The van der Waals surface area contributed by atoms with Crippen LogP contribution in [0.5, 0.6) is 11.5 Å². The summed E-state index contributed by atoms with van der Waals surface area (Å²) in [5, 5.41) is 3.82. The average molecular weight is 468 g/mol. The highest BCUT2D eigenvalue weighted by atomic mass is 16.5. The maximum Gasteiger partial charge on any atom is 0.255 e. The maximum absolute atomic E-state index is 13.4. The monoisotopic (exact) mass is 467 g/mol. The van der Waals surface area contributed by atoms with Gasteiger partial charge in [0.25, 0.3) is 11.8 Å². The van der Waals surface area contributed by atoms with Crippen LogP contribution in [0.3, 0.4) is 0 Å². The van der Waals surface area contributed by atoms with E-state index in [1.165, 1.54) is 0 Å². The number of aromatic nitrogens is 1. The predicted octanol–water partition coefficient (Wildman–Crippen LogP) is 4.70. The predicted molar refractivity (Wildman–Crippen MR) is 134 cm³/mol. The fraction of sp³-hybridized carbons (Fsp3) is 0.179. The summed E-state index contributed by atoms with van der Waals surface area (Å²) in [6, 6.07) is 20.3. The Kier molecular flexibility index (Phi) is 6.06. The van der Waals surface area contributed by atoms with E-state index < -0.39 is 0 Å². The number of hydrogen-bond donors (Lipinski definition) is 1. The molecule has 0 radical (unpaired) electrons. The van der Waals surface area contributed by atoms with Gasteiger partial charge in [0.1, 0.15) is 0 Å². The standard InChI is InChI=1S/C28H25N3O4/c1-34-25-15-23-18(11-13-29-24(23)16-26(25)35-2)17-31-14-12-20-21(9-6-10-22(20)28(31)33)27(32)30-19-7-4-3-5-8-19/h3-11,13,15-16H,12,14,17H2,1-2H3,(H,30,32). The Hall–Kier alpha value is -4.39. The third kappa shape index (κ3) is 4.28. The van der Waals surface area contributed by atoms with Gasteiger partial charge in [0.05, 0.1) is 19.7 Å². The van der Waals surface area contributed by atoms with E-state index in [1.807, 2.05) is 53.4 Å². The van der Waals surface area contributed by atoms with Crippen molar-refractivity contribution in [3.8, 4) is 11.5 Å². The molecule has 35 heavy (non-hydrogen) atoms. The van der Waals surface area contributed by atoms with Crippen molar-refractivity contribution < 1.29 is 19.1 Å². The summed E-state index contributed by atoms with van der Waals surface area (Å²) in [5.41, 5.74) is 4.33. The number of nitrogens with zero attached hydrogens (tertiary/aromatic N) is 2. The summed E-state index contributed by atoms with van der Waals surface area (Å²) in [5.74, 6) is 0.911. The first-order chi connectivity index (χ1) is 17.1. The lowest BCUT2D eigenvalue weighted by Gasteiger charge is -2.30. The van der Waals surface area contributed by atoms with Crippen LogP contribution in [0, 0.1) is 0 Å². The highest BCUT2D eigenvalue weighted by Gasteiger charge is 2.28. The second-order valence-corrected chi connectivity index (χ2v) is 8.32. The number of para-hydroxylation sites is 1. The van der Waals surface area contributed by atoms with E-state index in [4.69, 9.17) is 9.47 Å². The minimum absolute atomic E-state index is 0.0916. The Morgan fingerprint density at radius 1 is 1.00 bits per heavy atom. The molecule has 0 bridgehead atoms. The molecule has 7 nitrogen and oxygen atoms in total. The van der Waals surface area contributed by atoms with E-state index in [0.29, 0.717) is 42.1 Å².